The van der Waals surface area contributed by atoms with Crippen LogP contribution in [-0.2, 0) is 28.5 Å². The molecule has 56 heavy (non-hydrogen) atoms. The maximum Gasteiger partial charge on any atom is 0.433 e. The minimum absolute atomic E-state index is 0. The first-order valence-corrected chi connectivity index (χ1v) is 18.0. The maximum atomic E-state index is 13.2. The summed E-state index contributed by atoms with van der Waals surface area (Å²) in [5.74, 6) is -0.0291. The molecule has 0 radical (unpaired) electrons. The number of nitrogens with two attached hydrogens (primary N) is 1. The maximum absolute atomic E-state index is 13.2. The van der Waals surface area contributed by atoms with E-state index in [1.54, 1.807) is 0 Å². The van der Waals surface area contributed by atoms with Crippen molar-refractivity contribution in [2.75, 3.05) is 52.1 Å². The molecule has 3 aliphatic heterocycles. The first-order chi connectivity index (χ1) is 25.7. The number of amides is 1. The summed E-state index contributed by atoms with van der Waals surface area (Å²) in [6, 6.07) is 12.3. The van der Waals surface area contributed by atoms with Crippen LogP contribution in [0.3, 0.4) is 0 Å². The molecule has 5 heterocycles. The smallest absolute Gasteiger partial charge is 0.399 e. The molecule has 3 saturated heterocycles. The number of oxime groups is 1. The molecule has 0 bridgehead atoms. The van der Waals surface area contributed by atoms with Crippen LogP contribution in [-0.4, -0.2) is 83.5 Å². The molecule has 3 aromatic rings. The molecule has 2 aromatic heterocycles. The van der Waals surface area contributed by atoms with Gasteiger partial charge in [0.05, 0.1) is 5.71 Å². The predicted molar refractivity (Wildman–Crippen MR) is 205 cm³/mol. The number of carbonyl (C=O) groups is 2. The van der Waals surface area contributed by atoms with Crippen LogP contribution in [0.1, 0.15) is 71.4 Å². The van der Waals surface area contributed by atoms with E-state index in [9.17, 15) is 35.9 Å². The van der Waals surface area contributed by atoms with E-state index in [1.807, 2.05) is 23.1 Å². The summed E-state index contributed by atoms with van der Waals surface area (Å²) in [6.07, 6.45) is -2.30. The van der Waals surface area contributed by atoms with Crippen LogP contribution in [0.25, 0.3) is 0 Å². The van der Waals surface area contributed by atoms with Crippen LogP contribution in [0.5, 0.6) is 0 Å². The number of Topliss-reactive ketones (excluding diaryl/α,β-unsaturated/α-hetero) is 1. The first-order valence-electron chi connectivity index (χ1n) is 18.0. The second-order valence-corrected chi connectivity index (χ2v) is 13.8. The quantitative estimate of drug-likeness (QED) is 0.0797. The Labute approximate surface area is 334 Å². The van der Waals surface area contributed by atoms with Crippen molar-refractivity contribution in [2.24, 2.45) is 22.9 Å². The number of aromatic nitrogens is 2. The van der Waals surface area contributed by atoms with Crippen LogP contribution in [0, 0.1) is 17.8 Å². The zero-order valence-corrected chi connectivity index (χ0v) is 32.5. The lowest BCUT2D eigenvalue weighted by atomic mass is 9.87. The fourth-order valence-corrected chi connectivity index (χ4v) is 7.12. The Bertz CT molecular complexity index is 1730. The normalized spacial score (nSPS) is 17.8. The van der Waals surface area contributed by atoms with Gasteiger partial charge in [0.2, 0.25) is 5.91 Å². The molecule has 0 unspecified atom stereocenters. The summed E-state index contributed by atoms with van der Waals surface area (Å²) in [5.41, 5.74) is 7.24. The third-order valence-corrected chi connectivity index (χ3v) is 10.1. The molecule has 6 rings (SSSR count). The molecule has 3 aliphatic rings. The Kier molecular flexibility index (Phi) is 17.4. The molecule has 1 aromatic carbocycles. The standard InChI is InChI=1S/C26H32F3N5O2.C12H13F3N2O.2ClH/c1-36-32-24(21-5-6-23(31-16-21)26(27,28)29)19-9-13-34(14-10-19)25(35)20-7-11-33(12-8-20)17-18-3-2-4-22(30)15-18;13-12(14,15)10-2-1-9(7-17-10)11(18)8-3-5-16-6-4-8;;/h2-6,15-16,19-20H,7-14,17,30H2,1H3;1-2,7-8,16H,3-6H2;2*1H. The molecule has 0 aliphatic carbocycles. The van der Waals surface area contributed by atoms with Crippen molar-refractivity contribution in [1.82, 2.24) is 25.1 Å². The largest absolute Gasteiger partial charge is 0.433 e. The van der Waals surface area contributed by atoms with Crippen molar-refractivity contribution in [3.63, 3.8) is 0 Å². The zero-order chi connectivity index (χ0) is 38.9. The number of nitrogens with zero attached hydrogens (tertiary/aromatic N) is 5. The Morgan fingerprint density at radius 2 is 1.34 bits per heavy atom. The van der Waals surface area contributed by atoms with Gasteiger partial charge in [-0.15, -0.1) is 24.8 Å². The Hall–Kier alpha value is -3.99. The van der Waals surface area contributed by atoms with Gasteiger partial charge < -0.3 is 20.8 Å². The monoisotopic (exact) mass is 833 g/mol. The van der Waals surface area contributed by atoms with Crippen molar-refractivity contribution in [1.29, 1.82) is 0 Å². The van der Waals surface area contributed by atoms with E-state index < -0.39 is 23.7 Å². The van der Waals surface area contributed by atoms with Crippen LogP contribution in [0.2, 0.25) is 0 Å². The zero-order valence-electron chi connectivity index (χ0n) is 30.8. The molecule has 1 amide bonds. The van der Waals surface area contributed by atoms with E-state index in [2.05, 4.69) is 31.4 Å². The van der Waals surface area contributed by atoms with E-state index in [4.69, 9.17) is 10.6 Å². The number of anilines is 1. The number of benzene rings is 1. The summed E-state index contributed by atoms with van der Waals surface area (Å²) >= 11 is 0. The number of piperidine rings is 3. The Balaban J connectivity index is 0.000000355. The SMILES string of the molecule is CON=C(c1ccc(C(F)(F)F)nc1)C1CCN(C(=O)C2CCN(Cc3cccc(N)c3)CC2)CC1.Cl.Cl.O=C(c1ccc(C(F)(F)F)nc1)C1CCNCC1. The van der Waals surface area contributed by atoms with Gasteiger partial charge in [0.1, 0.15) is 18.5 Å². The van der Waals surface area contributed by atoms with Crippen LogP contribution in [0.15, 0.2) is 66.1 Å². The predicted octanol–water partition coefficient (Wildman–Crippen LogP) is 7.31. The molecular weight excluding hydrogens is 787 g/mol. The average Bonchev–Trinajstić information content (AvgIpc) is 3.17. The molecule has 18 heteroatoms. The Morgan fingerprint density at radius 1 is 0.786 bits per heavy atom. The minimum atomic E-state index is -4.49. The highest BCUT2D eigenvalue weighted by Gasteiger charge is 2.35. The topological polar surface area (TPSA) is 126 Å². The van der Waals surface area contributed by atoms with E-state index in [0.717, 1.165) is 82.4 Å². The lowest BCUT2D eigenvalue weighted by molar-refractivity contribution is -0.142. The number of ketones is 1. The van der Waals surface area contributed by atoms with Crippen LogP contribution < -0.4 is 11.1 Å². The van der Waals surface area contributed by atoms with E-state index in [0.29, 0.717) is 37.2 Å². The van der Waals surface area contributed by atoms with Crippen LogP contribution in [0.4, 0.5) is 32.0 Å². The fraction of sp³-hybridized carbons (Fsp3) is 0.500. The summed E-state index contributed by atoms with van der Waals surface area (Å²) in [5, 5.41) is 7.23. The molecule has 3 N–H and O–H groups in total. The number of rotatable bonds is 8. The number of pyridine rings is 2. The van der Waals surface area contributed by atoms with E-state index in [1.165, 1.54) is 31.0 Å². The number of nitrogens with one attached hydrogen (secondary N) is 1. The minimum Gasteiger partial charge on any atom is -0.399 e. The van der Waals surface area contributed by atoms with Gasteiger partial charge in [-0.05, 0) is 107 Å². The van der Waals surface area contributed by atoms with E-state index >= 15 is 0 Å². The van der Waals surface area contributed by atoms with Gasteiger partial charge in [0.25, 0.3) is 0 Å². The third-order valence-electron chi connectivity index (χ3n) is 10.1. The second-order valence-electron chi connectivity index (χ2n) is 13.8. The molecule has 10 nitrogen and oxygen atoms in total. The van der Waals surface area contributed by atoms with Crippen molar-refractivity contribution in [3.05, 3.63) is 89.0 Å². The molecule has 0 saturated carbocycles. The number of likely N-dealkylation sites (tertiary alicyclic amines) is 2. The van der Waals surface area contributed by atoms with E-state index in [-0.39, 0.29) is 59.8 Å². The summed E-state index contributed by atoms with van der Waals surface area (Å²) < 4.78 is 75.6. The second kappa shape index (κ2) is 21.0. The van der Waals surface area contributed by atoms with Gasteiger partial charge in [-0.2, -0.15) is 26.3 Å². The highest BCUT2D eigenvalue weighted by atomic mass is 35.5. The summed E-state index contributed by atoms with van der Waals surface area (Å²) in [4.78, 5) is 41.3. The van der Waals surface area contributed by atoms with Crippen molar-refractivity contribution < 1.29 is 40.8 Å². The highest BCUT2D eigenvalue weighted by Crippen LogP contribution is 2.31. The lowest BCUT2D eigenvalue weighted by Crippen LogP contribution is -2.46. The number of hydrogen-bond donors (Lipinski definition) is 2. The highest BCUT2D eigenvalue weighted by molar-refractivity contribution is 6.02. The number of nitrogen functional groups attached to an aromatic ring is 1. The Morgan fingerprint density at radius 3 is 1.84 bits per heavy atom. The first kappa shape index (κ1) is 46.4. The van der Waals surface area contributed by atoms with Gasteiger partial charge in [-0.25, -0.2) is 0 Å². The molecule has 308 valence electrons. The average molecular weight is 835 g/mol. The van der Waals surface area contributed by atoms with Gasteiger partial charge >= 0.3 is 12.4 Å². The van der Waals surface area contributed by atoms with Gasteiger partial charge in [0, 0.05) is 66.6 Å². The fourth-order valence-electron chi connectivity index (χ4n) is 7.12. The van der Waals surface area contributed by atoms with Crippen molar-refractivity contribution in [2.45, 2.75) is 57.4 Å². The summed E-state index contributed by atoms with van der Waals surface area (Å²) in [6.45, 7) is 5.28. The van der Waals surface area contributed by atoms with Crippen molar-refractivity contribution in [3.8, 4) is 0 Å². The molecule has 3 fully saturated rings. The lowest BCUT2D eigenvalue weighted by Gasteiger charge is -2.37. The number of hydrogen-bond acceptors (Lipinski definition) is 9. The van der Waals surface area contributed by atoms with Crippen molar-refractivity contribution >= 4 is 47.9 Å². The molecule has 0 atom stereocenters. The van der Waals surface area contributed by atoms with Gasteiger partial charge in [0.15, 0.2) is 5.78 Å². The number of halogens is 8. The summed E-state index contributed by atoms with van der Waals surface area (Å²) in [7, 11) is 1.41. The third kappa shape index (κ3) is 12.8. The number of alkyl halides is 6. The molecular formula is C38H47Cl2F6N7O3. The number of carbonyl (C=O) groups excluding carboxylic acids is 2. The molecule has 0 spiro atoms. The van der Waals surface area contributed by atoms with Crippen LogP contribution >= 0.6 is 24.8 Å². The van der Waals surface area contributed by atoms with Gasteiger partial charge in [-0.1, -0.05) is 17.3 Å². The van der Waals surface area contributed by atoms with Gasteiger partial charge in [-0.3, -0.25) is 24.5 Å².